The van der Waals surface area contributed by atoms with Crippen LogP contribution in [0.1, 0.15) is 77.5 Å². The lowest BCUT2D eigenvalue weighted by Crippen LogP contribution is -2.48. The summed E-state index contributed by atoms with van der Waals surface area (Å²) in [5, 5.41) is -2.37. The number of thioether (sulfide) groups is 1. The second-order valence-corrected chi connectivity index (χ2v) is 11.2. The van der Waals surface area contributed by atoms with Gasteiger partial charge in [0.2, 0.25) is 5.91 Å². The lowest BCUT2D eigenvalue weighted by molar-refractivity contribution is -0.137. The first-order valence-electron chi connectivity index (χ1n) is 30.0. The Kier molecular flexibility index (Phi) is 4.81. The zero-order valence-electron chi connectivity index (χ0n) is 57.5. The Morgan fingerprint density at radius 1 is 1.02 bits per heavy atom. The largest absolute Gasteiger partial charge is 0.416 e. The molecule has 6 rings (SSSR count). The quantitative estimate of drug-likeness (QED) is 0.0938. The number of likely N-dealkylation sites (tertiary alicyclic amines) is 1. The van der Waals surface area contributed by atoms with Crippen LogP contribution in [0.15, 0.2) is 100 Å². The molecule has 4 aromatic carbocycles. The number of hydrogen-bond acceptors (Lipinski definition) is 5. The van der Waals surface area contributed by atoms with Gasteiger partial charge >= 0.3 is 6.18 Å². The fourth-order valence-corrected chi connectivity index (χ4v) is 5.31. The number of amides is 1. The number of para-hydroxylation sites is 1. The molecular weight excluding hydrogens is 710 g/mol. The van der Waals surface area contributed by atoms with Crippen LogP contribution in [0.4, 0.5) is 22.0 Å². The van der Waals surface area contributed by atoms with Crippen molar-refractivity contribution in [1.82, 2.24) is 14.4 Å². The van der Waals surface area contributed by atoms with Crippen molar-refractivity contribution in [2.75, 3.05) is 33.1 Å². The molecule has 0 aliphatic carbocycles. The molecule has 1 aliphatic heterocycles. The predicted octanol–water partition coefficient (Wildman–Crippen LogP) is 8.71. The van der Waals surface area contributed by atoms with E-state index < -0.39 is 250 Å². The number of benzene rings is 4. The van der Waals surface area contributed by atoms with Gasteiger partial charge in [0.1, 0.15) is 6.54 Å². The van der Waals surface area contributed by atoms with Crippen LogP contribution in [0.5, 0.6) is 0 Å². The topological polar surface area (TPSA) is 54.8 Å². The monoisotopic (exact) mass is 780 g/mol. The molecule has 0 N–H and O–H groups in total. The molecule has 0 unspecified atom stereocenters. The van der Waals surface area contributed by atoms with Crippen LogP contribution in [-0.2, 0) is 34.5 Å². The van der Waals surface area contributed by atoms with E-state index in [1.807, 2.05) is 0 Å². The second-order valence-electron chi connectivity index (χ2n) is 10.3. The number of fused-ring (bicyclic) bond motifs is 1. The smallest absolute Gasteiger partial charge is 0.383 e. The van der Waals surface area contributed by atoms with Crippen LogP contribution in [0.25, 0.3) is 22.0 Å². The van der Waals surface area contributed by atoms with Crippen LogP contribution in [-0.4, -0.2) is 59.4 Å². The Labute approximate surface area is 352 Å². The average molecular weight is 781 g/mol. The number of rotatable bonds is 12. The third kappa shape index (κ3) is 9.00. The van der Waals surface area contributed by atoms with Gasteiger partial charge in [0.05, 0.1) is 51.5 Å². The summed E-state index contributed by atoms with van der Waals surface area (Å²) in [6, 6.07) is -27.1. The Morgan fingerprint density at radius 3 is 2.49 bits per heavy atom. The van der Waals surface area contributed by atoms with Crippen molar-refractivity contribution < 1.29 is 74.0 Å². The number of halogens is 5. The molecule has 0 bridgehead atoms. The maximum atomic E-state index is 15.9. The van der Waals surface area contributed by atoms with Gasteiger partial charge in [0, 0.05) is 75.5 Å². The number of alkyl halides is 3. The normalized spacial score (nSPS) is 27.8. The number of carbonyl (C=O) groups is 1. The van der Waals surface area contributed by atoms with Crippen molar-refractivity contribution >= 4 is 28.6 Å². The molecule has 1 saturated heterocycles. The lowest BCUT2D eigenvalue weighted by atomic mass is 9.97. The number of piperidine rings is 1. The maximum Gasteiger partial charge on any atom is 0.416 e. The number of nitrogens with zero attached hydrogens (tertiary/aromatic N) is 3. The van der Waals surface area contributed by atoms with Crippen LogP contribution in [0, 0.1) is 18.6 Å². The Balaban J connectivity index is 1.80. The van der Waals surface area contributed by atoms with Crippen molar-refractivity contribution in [2.45, 2.75) is 55.7 Å². The molecule has 278 valence electrons. The van der Waals surface area contributed by atoms with E-state index in [0.717, 1.165) is 0 Å². The number of aromatic nitrogens is 1. The zero-order valence-corrected chi connectivity index (χ0v) is 27.3. The van der Waals surface area contributed by atoms with E-state index >= 15 is 9.18 Å². The van der Waals surface area contributed by atoms with Gasteiger partial charge in [0.15, 0.2) is 17.1 Å². The molecule has 0 atom stereocenters. The molecule has 53 heavy (non-hydrogen) atoms. The minimum absolute atomic E-state index is 0.0802. The third-order valence-electron chi connectivity index (χ3n) is 6.84. The molecule has 1 amide bonds. The average Bonchev–Trinajstić information content (AvgIpc) is 1.59. The number of pyridine rings is 1. The fourth-order valence-electron chi connectivity index (χ4n) is 4.35. The van der Waals surface area contributed by atoms with Gasteiger partial charge in [-0.2, -0.15) is 13.2 Å². The van der Waals surface area contributed by atoms with Crippen molar-refractivity contribution in [2.24, 2.45) is 0 Å². The molecule has 2 heterocycles. The highest BCUT2D eigenvalue weighted by molar-refractivity contribution is 7.98. The van der Waals surface area contributed by atoms with Gasteiger partial charge in [-0.1, -0.05) is 54.4 Å². The van der Waals surface area contributed by atoms with Gasteiger partial charge in [-0.05, 0) is 72.1 Å². The molecule has 12 heteroatoms. The minimum atomic E-state index is -5.57. The van der Waals surface area contributed by atoms with E-state index in [4.69, 9.17) is 32.9 Å². The molecule has 1 aliphatic rings. The fraction of sp³-hybridized carbons (Fsp3) is 0.317. The first-order valence-corrected chi connectivity index (χ1v) is 15.5. The highest BCUT2D eigenvalue weighted by Crippen LogP contribution is 2.32. The summed E-state index contributed by atoms with van der Waals surface area (Å²) >= 11 is -0.0802. The summed E-state index contributed by atoms with van der Waals surface area (Å²) in [7, 11) is -3.59. The molecule has 6 nitrogen and oxygen atoms in total. The molecule has 5 aromatic rings. The van der Waals surface area contributed by atoms with Gasteiger partial charge in [-0.25, -0.2) is 8.78 Å². The summed E-state index contributed by atoms with van der Waals surface area (Å²) in [5.74, 6) is -7.69. The zero-order chi connectivity index (χ0) is 64.9. The molecule has 1 fully saturated rings. The molecule has 0 spiro atoms. The maximum absolute atomic E-state index is 15.9. The first-order chi connectivity index (χ1) is 37.7. The van der Waals surface area contributed by atoms with Gasteiger partial charge < -0.3 is 19.1 Å². The Morgan fingerprint density at radius 2 is 1.75 bits per heavy atom. The number of ether oxygens (including phenoxy) is 1. The van der Waals surface area contributed by atoms with Crippen LogP contribution >= 0.6 is 11.8 Å². The van der Waals surface area contributed by atoms with Crippen molar-refractivity contribution in [3.8, 4) is 11.1 Å². The molecule has 0 saturated carbocycles. The van der Waals surface area contributed by atoms with Gasteiger partial charge in [-0.3, -0.25) is 9.59 Å². The van der Waals surface area contributed by atoms with E-state index in [2.05, 4.69) is 4.74 Å². The molecular formula is C41H40F5N3O3S. The van der Waals surface area contributed by atoms with Crippen LogP contribution in [0.3, 0.4) is 0 Å². The highest BCUT2D eigenvalue weighted by Gasteiger charge is 2.31. The van der Waals surface area contributed by atoms with Crippen molar-refractivity contribution in [1.29, 1.82) is 0 Å². The molecule has 1 aromatic heterocycles. The SMILES string of the molecule is [2H]c1c([2H])c(F)c(F)c(CSc2c([2H])c(=O)c3c([2H])c([2H])c([2H])c([2H])c3n2CC(=O)N(C([2H])([2H])c2c([2H])c([2H])c(-c3c([2H])c([2H])c(C(F)(F)F)c([2H])c3[2H])c([2H])c2C)C2([2H])C([2H])([2H])C([2H])([2H])N(C([2H])([2H])COC([2H])([2H])[2H])C([2H])([2H])C2([2H])[2H])c1[2H]. The first kappa shape index (κ1) is 15.3. The van der Waals surface area contributed by atoms with E-state index in [-0.39, 0.29) is 16.3 Å². The predicted molar refractivity (Wildman–Crippen MR) is 198 cm³/mol. The van der Waals surface area contributed by atoms with E-state index in [1.54, 1.807) is 0 Å². The number of carbonyl (C=O) groups excluding carboxylic acids is 1. The number of methoxy groups -OCH3 is 1. The summed E-state index contributed by atoms with van der Waals surface area (Å²) < 4.78 is 346. The highest BCUT2D eigenvalue weighted by atomic mass is 32.2. The van der Waals surface area contributed by atoms with E-state index in [1.165, 1.54) is 0 Å². The standard InChI is InChI=1S/C41H40F5N3O3S/c1-27-22-29(28-12-14-32(15-13-28)41(44,45)46)10-11-30(27)24-48(33-16-18-47(19-17-33)20-21-52-2)38(51)25-49-36-9-4-3-7-34(36)37(50)23-39(49)53-26-31-6-5-8-35(42)40(31)43/h3-15,22-23,33H,16-21,24-26H2,1-2H3/i2D3,3D,4D,5D,6D,7D,8D,9D,10D,11D,12D,13D,14D,15D,16D2,17D2,18D2,19D2,20D2,22D,23D,24D2,33D. The minimum Gasteiger partial charge on any atom is -0.383 e. The summed E-state index contributed by atoms with van der Waals surface area (Å²) in [6.45, 7) is -21.7. The van der Waals surface area contributed by atoms with Crippen LogP contribution < -0.4 is 5.43 Å². The van der Waals surface area contributed by atoms with Gasteiger partial charge in [0.25, 0.3) is 0 Å². The summed E-state index contributed by atoms with van der Waals surface area (Å²) in [4.78, 5) is 28.0. The van der Waals surface area contributed by atoms with Gasteiger partial charge in [-0.15, -0.1) is 11.8 Å². The molecule has 0 radical (unpaired) electrons. The Bertz CT molecular complexity index is 3570. The third-order valence-corrected chi connectivity index (χ3v) is 7.87. The van der Waals surface area contributed by atoms with Crippen molar-refractivity contribution in [3.63, 3.8) is 0 Å². The number of hydrogen-bond donors (Lipinski definition) is 0. The van der Waals surface area contributed by atoms with Crippen LogP contribution in [0.2, 0.25) is 0 Å². The summed E-state index contributed by atoms with van der Waals surface area (Å²) in [6.07, 6.45) is -15.5. The van der Waals surface area contributed by atoms with E-state index in [9.17, 15) is 32.0 Å². The van der Waals surface area contributed by atoms with E-state index in [0.29, 0.717) is 6.92 Å². The lowest BCUT2D eigenvalue weighted by Gasteiger charge is -2.39. The summed E-state index contributed by atoms with van der Waals surface area (Å²) in [5.41, 5.74) is -11.6. The Hall–Kier alpha value is -4.52. The second kappa shape index (κ2) is 16.7. The van der Waals surface area contributed by atoms with Crippen molar-refractivity contribution in [3.05, 3.63) is 135 Å².